The van der Waals surface area contributed by atoms with Crippen LogP contribution in [-0.2, 0) is 19.6 Å². The molecule has 0 amide bonds. The summed E-state index contributed by atoms with van der Waals surface area (Å²) in [6, 6.07) is 7.58. The third-order valence-corrected chi connectivity index (χ3v) is 3.75. The lowest BCUT2D eigenvalue weighted by Gasteiger charge is -2.04. The van der Waals surface area contributed by atoms with Crippen molar-refractivity contribution < 1.29 is 5.11 Å². The topological polar surface area (TPSA) is 38.0 Å². The molecule has 0 bridgehead atoms. The van der Waals surface area contributed by atoms with Crippen molar-refractivity contribution in [1.29, 1.82) is 0 Å². The molecule has 0 unspecified atom stereocenters. The number of aliphatic hydroxyl groups excluding tert-OH is 1. The van der Waals surface area contributed by atoms with Crippen molar-refractivity contribution in [1.82, 2.24) is 9.78 Å². The van der Waals surface area contributed by atoms with Gasteiger partial charge in [-0.3, -0.25) is 0 Å². The van der Waals surface area contributed by atoms with Gasteiger partial charge in [0.15, 0.2) is 0 Å². The lowest BCUT2D eigenvalue weighted by Crippen LogP contribution is -2.03. The maximum absolute atomic E-state index is 9.47. The van der Waals surface area contributed by atoms with Crippen molar-refractivity contribution in [2.24, 2.45) is 5.92 Å². The summed E-state index contributed by atoms with van der Waals surface area (Å²) in [4.78, 5) is 0. The first kappa shape index (κ1) is 15.4. The van der Waals surface area contributed by atoms with E-state index in [1.807, 2.05) is 24.3 Å². The van der Waals surface area contributed by atoms with Crippen molar-refractivity contribution in [3.8, 4) is 0 Å². The highest BCUT2D eigenvalue weighted by Gasteiger charge is 2.16. The molecule has 3 nitrogen and oxygen atoms in total. The van der Waals surface area contributed by atoms with Crippen LogP contribution in [0, 0.1) is 5.92 Å². The van der Waals surface area contributed by atoms with Crippen molar-refractivity contribution in [3.63, 3.8) is 0 Å². The molecule has 0 aliphatic carbocycles. The highest BCUT2D eigenvalue weighted by molar-refractivity contribution is 6.30. The summed E-state index contributed by atoms with van der Waals surface area (Å²) in [7, 11) is 0. The van der Waals surface area contributed by atoms with Crippen molar-refractivity contribution in [2.75, 3.05) is 0 Å². The highest BCUT2D eigenvalue weighted by atomic mass is 35.5. The van der Waals surface area contributed by atoms with E-state index in [-0.39, 0.29) is 6.61 Å². The number of nitrogens with zero attached hydrogens (tertiary/aromatic N) is 2. The molecule has 0 atom stereocenters. The Morgan fingerprint density at radius 2 is 1.85 bits per heavy atom. The fraction of sp³-hybridized carbons (Fsp3) is 0.400. The molecule has 0 aliphatic heterocycles. The monoisotopic (exact) mass is 312 g/mol. The maximum atomic E-state index is 9.47. The second kappa shape index (κ2) is 6.61. The van der Waals surface area contributed by atoms with Crippen molar-refractivity contribution in [2.45, 2.75) is 33.4 Å². The van der Waals surface area contributed by atoms with Gasteiger partial charge in [-0.2, -0.15) is 5.10 Å². The van der Waals surface area contributed by atoms with E-state index >= 15 is 0 Å². The molecule has 1 heterocycles. The average Bonchev–Trinajstić information content (AvgIpc) is 2.67. The van der Waals surface area contributed by atoms with Crippen LogP contribution in [0.3, 0.4) is 0 Å². The summed E-state index contributed by atoms with van der Waals surface area (Å²) in [6.45, 7) is 4.73. The number of hydrogen-bond donors (Lipinski definition) is 1. The van der Waals surface area contributed by atoms with Gasteiger partial charge in [-0.25, -0.2) is 4.68 Å². The van der Waals surface area contributed by atoms with Gasteiger partial charge < -0.3 is 5.11 Å². The van der Waals surface area contributed by atoms with Crippen LogP contribution >= 0.6 is 23.2 Å². The molecule has 1 aromatic heterocycles. The number of aliphatic hydroxyl groups is 1. The van der Waals surface area contributed by atoms with Gasteiger partial charge in [0.2, 0.25) is 0 Å². The van der Waals surface area contributed by atoms with Crippen LogP contribution in [0.15, 0.2) is 24.3 Å². The Balaban J connectivity index is 2.27. The summed E-state index contributed by atoms with van der Waals surface area (Å²) in [5.74, 6) is 0.468. The lowest BCUT2D eigenvalue weighted by molar-refractivity contribution is 0.280. The van der Waals surface area contributed by atoms with Gasteiger partial charge in [-0.1, -0.05) is 49.2 Å². The third-order valence-electron chi connectivity index (χ3n) is 3.07. The minimum atomic E-state index is -0.0818. The fourth-order valence-corrected chi connectivity index (χ4v) is 2.49. The zero-order valence-corrected chi connectivity index (χ0v) is 13.1. The molecule has 108 valence electrons. The zero-order valence-electron chi connectivity index (χ0n) is 11.6. The molecular weight excluding hydrogens is 295 g/mol. The van der Waals surface area contributed by atoms with Crippen LogP contribution in [0.4, 0.5) is 0 Å². The SMILES string of the molecule is CC(C)Cc1nn(Cc2ccc(Cl)cc2)c(Cl)c1CO. The molecule has 20 heavy (non-hydrogen) atoms. The summed E-state index contributed by atoms with van der Waals surface area (Å²) in [5, 5.41) is 15.2. The van der Waals surface area contributed by atoms with Crippen LogP contribution < -0.4 is 0 Å². The average molecular weight is 313 g/mol. The summed E-state index contributed by atoms with van der Waals surface area (Å²) in [5.41, 5.74) is 2.68. The van der Waals surface area contributed by atoms with Gasteiger partial charge in [0.05, 0.1) is 18.8 Å². The molecule has 0 fully saturated rings. The summed E-state index contributed by atoms with van der Waals surface area (Å²) in [6.07, 6.45) is 0.809. The molecule has 2 aromatic rings. The predicted molar refractivity (Wildman–Crippen MR) is 82.3 cm³/mol. The second-order valence-electron chi connectivity index (χ2n) is 5.26. The van der Waals surface area contributed by atoms with E-state index < -0.39 is 0 Å². The van der Waals surface area contributed by atoms with E-state index in [4.69, 9.17) is 23.2 Å². The molecule has 0 saturated heterocycles. The predicted octanol–water partition coefficient (Wildman–Crippen LogP) is 3.93. The molecular formula is C15H18Cl2N2O. The van der Waals surface area contributed by atoms with E-state index in [1.54, 1.807) is 4.68 Å². The number of halogens is 2. The van der Waals surface area contributed by atoms with Crippen LogP contribution in [0.2, 0.25) is 10.2 Å². The Morgan fingerprint density at radius 1 is 1.20 bits per heavy atom. The molecule has 0 saturated carbocycles. The second-order valence-corrected chi connectivity index (χ2v) is 6.05. The first-order valence-corrected chi connectivity index (χ1v) is 7.36. The fourth-order valence-electron chi connectivity index (χ4n) is 2.10. The lowest BCUT2D eigenvalue weighted by atomic mass is 10.1. The molecule has 0 spiro atoms. The van der Waals surface area contributed by atoms with Gasteiger partial charge in [-0.05, 0) is 30.0 Å². The van der Waals surface area contributed by atoms with Crippen molar-refractivity contribution >= 4 is 23.2 Å². The standard InChI is InChI=1S/C15H18Cl2N2O/c1-10(2)7-14-13(9-20)15(17)19(18-14)8-11-3-5-12(16)6-4-11/h3-6,10,20H,7-9H2,1-2H3. The Hall–Kier alpha value is -1.03. The molecule has 1 N–H and O–H groups in total. The minimum Gasteiger partial charge on any atom is -0.391 e. The Bertz CT molecular complexity index is 576. The number of hydrogen-bond acceptors (Lipinski definition) is 2. The smallest absolute Gasteiger partial charge is 0.133 e. The summed E-state index contributed by atoms with van der Waals surface area (Å²) >= 11 is 12.2. The van der Waals surface area contributed by atoms with Gasteiger partial charge in [0.25, 0.3) is 0 Å². The molecule has 2 rings (SSSR count). The molecule has 1 aromatic carbocycles. The quantitative estimate of drug-likeness (QED) is 0.908. The number of aromatic nitrogens is 2. The highest BCUT2D eigenvalue weighted by Crippen LogP contribution is 2.23. The normalized spacial score (nSPS) is 11.3. The van der Waals surface area contributed by atoms with Crippen LogP contribution in [0.5, 0.6) is 0 Å². The van der Waals surface area contributed by atoms with Gasteiger partial charge in [0, 0.05) is 10.6 Å². The number of benzene rings is 1. The van der Waals surface area contributed by atoms with Crippen LogP contribution in [0.25, 0.3) is 0 Å². The molecule has 0 radical (unpaired) electrons. The van der Waals surface area contributed by atoms with E-state index in [1.165, 1.54) is 0 Å². The van der Waals surface area contributed by atoms with E-state index in [2.05, 4.69) is 18.9 Å². The van der Waals surface area contributed by atoms with E-state index in [0.717, 1.165) is 23.2 Å². The van der Waals surface area contributed by atoms with E-state index in [9.17, 15) is 5.11 Å². The maximum Gasteiger partial charge on any atom is 0.133 e. The Morgan fingerprint density at radius 3 is 2.40 bits per heavy atom. The van der Waals surface area contributed by atoms with Crippen LogP contribution in [-0.4, -0.2) is 14.9 Å². The van der Waals surface area contributed by atoms with Gasteiger partial charge in [0.1, 0.15) is 5.15 Å². The minimum absolute atomic E-state index is 0.0818. The van der Waals surface area contributed by atoms with Gasteiger partial charge in [-0.15, -0.1) is 0 Å². The largest absolute Gasteiger partial charge is 0.391 e. The number of rotatable bonds is 5. The summed E-state index contributed by atoms with van der Waals surface area (Å²) < 4.78 is 1.73. The first-order valence-electron chi connectivity index (χ1n) is 6.60. The zero-order chi connectivity index (χ0) is 14.7. The van der Waals surface area contributed by atoms with Gasteiger partial charge >= 0.3 is 0 Å². The Labute approximate surface area is 129 Å². The third kappa shape index (κ3) is 3.54. The Kier molecular flexibility index (Phi) is 5.08. The van der Waals surface area contributed by atoms with Crippen LogP contribution in [0.1, 0.15) is 30.7 Å². The van der Waals surface area contributed by atoms with Crippen molar-refractivity contribution in [3.05, 3.63) is 51.3 Å². The molecule has 0 aliphatic rings. The first-order chi connectivity index (χ1) is 9.51. The van der Waals surface area contributed by atoms with E-state index in [0.29, 0.717) is 22.6 Å². The molecule has 5 heteroatoms.